The quantitative estimate of drug-likeness (QED) is 0.580. The van der Waals surface area contributed by atoms with Crippen LogP contribution in [0.2, 0.25) is 0 Å². The predicted octanol–water partition coefficient (Wildman–Crippen LogP) is 1.70. The number of carbonyl (C=O) groups is 1. The summed E-state index contributed by atoms with van der Waals surface area (Å²) < 4.78 is 0.890. The Bertz CT molecular complexity index is 213. The highest BCUT2D eigenvalue weighted by Gasteiger charge is 2.08. The third-order valence-electron chi connectivity index (χ3n) is 1.53. The normalized spacial score (nSPS) is 9.92. The van der Waals surface area contributed by atoms with Crippen molar-refractivity contribution in [3.05, 3.63) is 30.3 Å². The first-order chi connectivity index (χ1) is 5.61. The molecule has 0 radical (unpaired) electrons. The van der Waals surface area contributed by atoms with Crippen LogP contribution < -0.4 is 4.48 Å². The zero-order chi connectivity index (χ0) is 9.61. The van der Waals surface area contributed by atoms with Gasteiger partial charge in [0.1, 0.15) is 12.5 Å². The summed E-state index contributed by atoms with van der Waals surface area (Å²) in [4.78, 5) is 8.00. The molecule has 0 N–H and O–H groups in total. The molecule has 0 aromatic heterocycles. The predicted molar refractivity (Wildman–Crippen MR) is 53.1 cm³/mol. The Kier molecular flexibility index (Phi) is 4.22. The van der Waals surface area contributed by atoms with Gasteiger partial charge in [0.25, 0.3) is 0 Å². The van der Waals surface area contributed by atoms with E-state index in [2.05, 4.69) is 45.4 Å². The molecule has 0 amide bonds. The Morgan fingerprint density at radius 2 is 1.42 bits per heavy atom. The van der Waals surface area contributed by atoms with Gasteiger partial charge in [-0.1, -0.05) is 18.2 Å². The maximum absolute atomic E-state index is 8.00. The Balaban J connectivity index is 0.000000561. The molecule has 12 heavy (non-hydrogen) atoms. The summed E-state index contributed by atoms with van der Waals surface area (Å²) in [7, 11) is 6.49. The fraction of sp³-hybridized carbons (Fsp3) is 0.300. The van der Waals surface area contributed by atoms with Crippen molar-refractivity contribution in [2.45, 2.75) is 0 Å². The average molecular weight is 166 g/mol. The summed E-state index contributed by atoms with van der Waals surface area (Å²) in [5, 5.41) is 0. The van der Waals surface area contributed by atoms with Gasteiger partial charge in [-0.2, -0.15) is 0 Å². The molecule has 66 valence electrons. The van der Waals surface area contributed by atoms with Gasteiger partial charge in [0.2, 0.25) is 0 Å². The fourth-order valence-electron chi connectivity index (χ4n) is 0.875. The number of nitrogens with zero attached hydrogens (tertiary/aromatic N) is 1. The fourth-order valence-corrected chi connectivity index (χ4v) is 0.875. The largest absolute Gasteiger partial charge is 0.307 e. The van der Waals surface area contributed by atoms with Gasteiger partial charge in [-0.25, -0.2) is 0 Å². The van der Waals surface area contributed by atoms with Crippen LogP contribution in [-0.4, -0.2) is 27.9 Å². The van der Waals surface area contributed by atoms with Crippen LogP contribution in [0.5, 0.6) is 0 Å². The van der Waals surface area contributed by atoms with Gasteiger partial charge in [0.05, 0.1) is 21.1 Å². The minimum atomic E-state index is 0.890. The second-order valence-electron chi connectivity index (χ2n) is 3.35. The smallest absolute Gasteiger partial charge is 0.132 e. The molecule has 0 fully saturated rings. The lowest BCUT2D eigenvalue weighted by Crippen LogP contribution is -2.34. The monoisotopic (exact) mass is 166 g/mol. The van der Waals surface area contributed by atoms with Crippen molar-refractivity contribution in [2.75, 3.05) is 21.1 Å². The van der Waals surface area contributed by atoms with Gasteiger partial charge in [0, 0.05) is 0 Å². The average Bonchev–Trinajstić information content (AvgIpc) is 2.08. The summed E-state index contributed by atoms with van der Waals surface area (Å²) in [6.07, 6.45) is 0. The molecule has 0 saturated carbocycles. The summed E-state index contributed by atoms with van der Waals surface area (Å²) in [6, 6.07) is 10.5. The van der Waals surface area contributed by atoms with Crippen molar-refractivity contribution in [3.63, 3.8) is 0 Å². The molecule has 1 aromatic carbocycles. The summed E-state index contributed by atoms with van der Waals surface area (Å²) in [5.41, 5.74) is 1.34. The minimum Gasteiger partial charge on any atom is -0.307 e. The summed E-state index contributed by atoms with van der Waals surface area (Å²) in [5.74, 6) is 0. The number of hydrogen-bond donors (Lipinski definition) is 0. The highest BCUT2D eigenvalue weighted by atomic mass is 16.1. The van der Waals surface area contributed by atoms with E-state index >= 15 is 0 Å². The van der Waals surface area contributed by atoms with Crippen LogP contribution in [0.3, 0.4) is 0 Å². The molecule has 1 aromatic rings. The molecule has 1 rings (SSSR count). The molecule has 0 unspecified atom stereocenters. The van der Waals surface area contributed by atoms with Crippen molar-refractivity contribution >= 4 is 12.5 Å². The summed E-state index contributed by atoms with van der Waals surface area (Å²) >= 11 is 0. The minimum absolute atomic E-state index is 0.890. The Hall–Kier alpha value is -1.15. The molecule has 0 heterocycles. The molecule has 0 saturated heterocycles. The van der Waals surface area contributed by atoms with Crippen molar-refractivity contribution in [1.29, 1.82) is 0 Å². The first-order valence-corrected chi connectivity index (χ1v) is 3.76. The number of carbonyl (C=O) groups excluding carboxylic acids is 1. The molecule has 0 aliphatic heterocycles. The lowest BCUT2D eigenvalue weighted by Gasteiger charge is -2.22. The Morgan fingerprint density at radius 1 is 1.00 bits per heavy atom. The molecule has 0 atom stereocenters. The van der Waals surface area contributed by atoms with Gasteiger partial charge in [-0.15, -0.1) is 0 Å². The lowest BCUT2D eigenvalue weighted by atomic mass is 10.3. The molecule has 2 nitrogen and oxygen atoms in total. The van der Waals surface area contributed by atoms with Crippen molar-refractivity contribution in [3.8, 4) is 0 Å². The van der Waals surface area contributed by atoms with Crippen molar-refractivity contribution in [1.82, 2.24) is 4.48 Å². The van der Waals surface area contributed by atoms with Crippen LogP contribution in [0, 0.1) is 0 Å². The first kappa shape index (κ1) is 10.8. The van der Waals surface area contributed by atoms with E-state index in [-0.39, 0.29) is 0 Å². The molecule has 0 aliphatic carbocycles. The molecular formula is C10H16NO+. The Labute approximate surface area is 74.0 Å². The third kappa shape index (κ3) is 3.30. The zero-order valence-electron chi connectivity index (χ0n) is 7.95. The van der Waals surface area contributed by atoms with Gasteiger partial charge in [-0.05, 0) is 12.1 Å². The van der Waals surface area contributed by atoms with Gasteiger partial charge < -0.3 is 4.79 Å². The summed E-state index contributed by atoms with van der Waals surface area (Å²) in [6.45, 7) is 2.00. The second-order valence-corrected chi connectivity index (χ2v) is 3.35. The van der Waals surface area contributed by atoms with Crippen LogP contribution in [0.1, 0.15) is 0 Å². The maximum Gasteiger partial charge on any atom is 0.132 e. The number of benzene rings is 1. The van der Waals surface area contributed by atoms with Gasteiger partial charge in [0.15, 0.2) is 0 Å². The number of para-hydroxylation sites is 1. The SMILES string of the molecule is C=O.C[N+](C)(C)c1ccccc1. The van der Waals surface area contributed by atoms with E-state index in [9.17, 15) is 0 Å². The second kappa shape index (κ2) is 4.67. The first-order valence-electron chi connectivity index (χ1n) is 3.76. The molecular weight excluding hydrogens is 150 g/mol. The number of quaternary nitrogens is 1. The van der Waals surface area contributed by atoms with E-state index in [0.717, 1.165) is 4.48 Å². The van der Waals surface area contributed by atoms with E-state index in [1.54, 1.807) is 0 Å². The highest BCUT2D eigenvalue weighted by molar-refractivity contribution is 5.40. The molecule has 2 heteroatoms. The van der Waals surface area contributed by atoms with Gasteiger partial charge >= 0.3 is 0 Å². The van der Waals surface area contributed by atoms with E-state index in [4.69, 9.17) is 4.79 Å². The molecule has 0 spiro atoms. The van der Waals surface area contributed by atoms with Crippen LogP contribution in [0.4, 0.5) is 5.69 Å². The standard InChI is InChI=1S/C9H14N.CH2O/c1-10(2,3)9-7-5-4-6-8-9;1-2/h4-8H,1-3H3;1H2/q+1;. The Morgan fingerprint density at radius 3 is 1.67 bits per heavy atom. The number of hydrogen-bond acceptors (Lipinski definition) is 1. The van der Waals surface area contributed by atoms with E-state index < -0.39 is 0 Å². The van der Waals surface area contributed by atoms with E-state index in [1.807, 2.05) is 12.9 Å². The topological polar surface area (TPSA) is 17.1 Å². The zero-order valence-corrected chi connectivity index (χ0v) is 7.95. The van der Waals surface area contributed by atoms with Crippen LogP contribution in [0.25, 0.3) is 0 Å². The van der Waals surface area contributed by atoms with Crippen molar-refractivity contribution in [2.24, 2.45) is 0 Å². The molecule has 0 aliphatic rings. The van der Waals surface area contributed by atoms with Crippen LogP contribution >= 0.6 is 0 Å². The van der Waals surface area contributed by atoms with E-state index in [0.29, 0.717) is 0 Å². The van der Waals surface area contributed by atoms with Crippen LogP contribution in [-0.2, 0) is 4.79 Å². The molecule has 0 bridgehead atoms. The van der Waals surface area contributed by atoms with E-state index in [1.165, 1.54) is 5.69 Å². The highest BCUT2D eigenvalue weighted by Crippen LogP contribution is 2.14. The van der Waals surface area contributed by atoms with Crippen LogP contribution in [0.15, 0.2) is 30.3 Å². The number of rotatable bonds is 1. The van der Waals surface area contributed by atoms with Gasteiger partial charge in [-0.3, -0.25) is 4.48 Å². The third-order valence-corrected chi connectivity index (χ3v) is 1.53. The van der Waals surface area contributed by atoms with Crippen molar-refractivity contribution < 1.29 is 4.79 Å². The lowest BCUT2D eigenvalue weighted by molar-refractivity contribution is -0.0979. The maximum atomic E-state index is 8.00.